The van der Waals surface area contributed by atoms with E-state index < -0.39 is 6.04 Å². The zero-order valence-corrected chi connectivity index (χ0v) is 30.0. The Morgan fingerprint density at radius 1 is 0.957 bits per heavy atom. The summed E-state index contributed by atoms with van der Waals surface area (Å²) in [6.07, 6.45) is 11.5. The molecule has 4 N–H and O–H groups in total. The molecule has 2 atom stereocenters. The summed E-state index contributed by atoms with van der Waals surface area (Å²) < 4.78 is 11.0. The Morgan fingerprint density at radius 3 is 2.07 bits per heavy atom. The van der Waals surface area contributed by atoms with Crippen molar-refractivity contribution < 1.29 is 14.3 Å². The third-order valence-corrected chi connectivity index (χ3v) is 8.82. The fraction of sp³-hybridized carbons (Fsp3) is 0.632. The second kappa shape index (κ2) is 22.4. The Morgan fingerprint density at radius 2 is 1.59 bits per heavy atom. The molecular weight excluding hydrogens is 574 g/mol. The Bertz CT molecular complexity index is 1130. The fourth-order valence-corrected chi connectivity index (χ4v) is 5.68. The van der Waals surface area contributed by atoms with Gasteiger partial charge < -0.3 is 15.2 Å². The topological polar surface area (TPSA) is 125 Å². The number of hydrogen-bond donors (Lipinski definition) is 3. The molecule has 3 rings (SSSR count). The molecule has 0 bridgehead atoms. The van der Waals surface area contributed by atoms with Crippen molar-refractivity contribution in [3.63, 3.8) is 0 Å². The van der Waals surface area contributed by atoms with Crippen LogP contribution < -0.4 is 15.2 Å². The lowest BCUT2D eigenvalue weighted by molar-refractivity contribution is -0.124. The summed E-state index contributed by atoms with van der Waals surface area (Å²) in [6, 6.07) is 15.8. The van der Waals surface area contributed by atoms with Crippen LogP contribution >= 0.6 is 0 Å². The van der Waals surface area contributed by atoms with E-state index in [1.807, 2.05) is 45.0 Å². The van der Waals surface area contributed by atoms with Gasteiger partial charge in [0.15, 0.2) is 17.3 Å². The number of nitrogens with zero attached hydrogens (tertiary/aromatic N) is 2. The van der Waals surface area contributed by atoms with Crippen LogP contribution in [-0.2, 0) is 4.79 Å². The molecule has 1 fully saturated rings. The molecule has 1 saturated heterocycles. The normalized spacial score (nSPS) is 14.9. The zero-order valence-electron chi connectivity index (χ0n) is 30.0. The van der Waals surface area contributed by atoms with Gasteiger partial charge in [-0.3, -0.25) is 15.1 Å². The van der Waals surface area contributed by atoms with Gasteiger partial charge in [0.25, 0.3) is 0 Å². The quantitative estimate of drug-likeness (QED) is 0.0823. The number of piperidine rings is 1. The van der Waals surface area contributed by atoms with Crippen LogP contribution in [-0.4, -0.2) is 50.4 Å². The molecule has 8 heteroatoms. The van der Waals surface area contributed by atoms with Crippen LogP contribution in [0.2, 0.25) is 0 Å². The number of nitrogens with one attached hydrogen (secondary N) is 2. The SMILES string of the molecule is CC(=O)C(C)(C)C.CCCCCC(CCC)CCN.COc1cccc(C(C(=N)N=N)N2CCC(c3ccccc3)CC2)c1OC. The minimum absolute atomic E-state index is 0.0136. The van der Waals surface area contributed by atoms with Gasteiger partial charge in [0.05, 0.1) is 14.2 Å². The van der Waals surface area contributed by atoms with Crippen molar-refractivity contribution in [2.75, 3.05) is 33.9 Å². The molecule has 2 aromatic rings. The van der Waals surface area contributed by atoms with Gasteiger partial charge in [0, 0.05) is 11.0 Å². The first-order valence-corrected chi connectivity index (χ1v) is 17.2. The highest BCUT2D eigenvalue weighted by molar-refractivity contribution is 5.87. The third kappa shape index (κ3) is 14.1. The lowest BCUT2D eigenvalue weighted by atomic mass is 9.88. The smallest absolute Gasteiger partial charge is 0.165 e. The molecule has 1 aliphatic heterocycles. The van der Waals surface area contributed by atoms with Gasteiger partial charge >= 0.3 is 0 Å². The van der Waals surface area contributed by atoms with E-state index in [-0.39, 0.29) is 17.0 Å². The minimum Gasteiger partial charge on any atom is -0.493 e. The molecule has 8 nitrogen and oxygen atoms in total. The molecule has 2 aromatic carbocycles. The average Bonchev–Trinajstić information content (AvgIpc) is 3.05. The van der Waals surface area contributed by atoms with E-state index in [0.29, 0.717) is 17.4 Å². The maximum atomic E-state index is 10.5. The van der Waals surface area contributed by atoms with Crippen molar-refractivity contribution in [3.8, 4) is 11.5 Å². The molecule has 1 heterocycles. The average molecular weight is 638 g/mol. The molecule has 0 aliphatic carbocycles. The molecule has 0 amide bonds. The number of nitrogens with two attached hydrogens (primary N) is 1. The summed E-state index contributed by atoms with van der Waals surface area (Å²) >= 11 is 0. The Labute approximate surface area is 279 Å². The molecule has 0 saturated carbocycles. The number of amidine groups is 1. The second-order valence-corrected chi connectivity index (χ2v) is 13.2. The van der Waals surface area contributed by atoms with Crippen LogP contribution in [0.25, 0.3) is 0 Å². The minimum atomic E-state index is -0.413. The van der Waals surface area contributed by atoms with E-state index >= 15 is 0 Å². The summed E-state index contributed by atoms with van der Waals surface area (Å²) in [6.45, 7) is 14.4. The van der Waals surface area contributed by atoms with Crippen LogP contribution in [0, 0.1) is 22.3 Å². The Balaban J connectivity index is 0.000000461. The van der Waals surface area contributed by atoms with Crippen molar-refractivity contribution in [2.24, 2.45) is 22.2 Å². The highest BCUT2D eigenvalue weighted by Gasteiger charge is 2.32. The number of ketones is 1. The summed E-state index contributed by atoms with van der Waals surface area (Å²) in [5.41, 5.74) is 15.0. The van der Waals surface area contributed by atoms with Gasteiger partial charge in [0.2, 0.25) is 0 Å². The van der Waals surface area contributed by atoms with E-state index in [1.54, 1.807) is 21.1 Å². The van der Waals surface area contributed by atoms with E-state index in [4.69, 9.17) is 26.1 Å². The second-order valence-electron chi connectivity index (χ2n) is 13.2. The lowest BCUT2D eigenvalue weighted by Gasteiger charge is -2.37. The van der Waals surface area contributed by atoms with Gasteiger partial charge in [-0.15, -0.1) is 5.11 Å². The number of methoxy groups -OCH3 is 2. The summed E-state index contributed by atoms with van der Waals surface area (Å²) in [4.78, 5) is 12.7. The first-order valence-electron chi connectivity index (χ1n) is 17.2. The Hall–Kier alpha value is -3.10. The first-order chi connectivity index (χ1) is 22.0. The number of ether oxygens (including phenoxy) is 2. The molecule has 1 aliphatic rings. The molecular formula is C38H63N5O3. The van der Waals surface area contributed by atoms with Crippen LogP contribution in [0.3, 0.4) is 0 Å². The fourth-order valence-electron chi connectivity index (χ4n) is 5.68. The number of para-hydroxylation sites is 1. The van der Waals surface area contributed by atoms with E-state index in [2.05, 4.69) is 48.1 Å². The van der Waals surface area contributed by atoms with Crippen LogP contribution in [0.4, 0.5) is 0 Å². The molecule has 258 valence electrons. The number of Topliss-reactive ketones (excluding diaryl/α,β-unsaturated/α-hetero) is 1. The summed E-state index contributed by atoms with van der Waals surface area (Å²) in [5.74, 6) is 2.91. The van der Waals surface area contributed by atoms with Gasteiger partial charge in [-0.1, -0.05) is 116 Å². The van der Waals surface area contributed by atoms with Crippen molar-refractivity contribution >= 4 is 11.6 Å². The third-order valence-electron chi connectivity index (χ3n) is 8.82. The number of carbonyl (C=O) groups excluding carboxylic acids is 1. The first kappa shape index (κ1) is 40.9. The maximum Gasteiger partial charge on any atom is 0.165 e. The molecule has 46 heavy (non-hydrogen) atoms. The van der Waals surface area contributed by atoms with Crippen LogP contribution in [0.1, 0.15) is 122 Å². The maximum absolute atomic E-state index is 10.5. The summed E-state index contributed by atoms with van der Waals surface area (Å²) in [5, 5.41) is 11.7. The van der Waals surface area contributed by atoms with Gasteiger partial charge in [-0.25, -0.2) is 5.53 Å². The number of likely N-dealkylation sites (tertiary alicyclic amines) is 1. The largest absolute Gasteiger partial charge is 0.493 e. The predicted molar refractivity (Wildman–Crippen MR) is 191 cm³/mol. The van der Waals surface area contributed by atoms with Gasteiger partial charge in [-0.2, -0.15) is 0 Å². The van der Waals surface area contributed by atoms with Crippen molar-refractivity contribution in [3.05, 3.63) is 59.7 Å². The van der Waals surface area contributed by atoms with Crippen molar-refractivity contribution in [1.29, 1.82) is 10.9 Å². The van der Waals surface area contributed by atoms with Gasteiger partial charge in [-0.05, 0) is 69.3 Å². The van der Waals surface area contributed by atoms with E-state index in [9.17, 15) is 4.79 Å². The lowest BCUT2D eigenvalue weighted by Crippen LogP contribution is -2.39. The van der Waals surface area contributed by atoms with Crippen LogP contribution in [0.5, 0.6) is 11.5 Å². The number of carbonyl (C=O) groups is 1. The van der Waals surface area contributed by atoms with E-state index in [1.165, 1.54) is 50.5 Å². The highest BCUT2D eigenvalue weighted by Crippen LogP contribution is 2.40. The monoisotopic (exact) mass is 637 g/mol. The molecule has 2 unspecified atom stereocenters. The molecule has 0 radical (unpaired) electrons. The highest BCUT2D eigenvalue weighted by atomic mass is 16.5. The molecule has 0 aromatic heterocycles. The van der Waals surface area contributed by atoms with Gasteiger partial charge in [0.1, 0.15) is 11.8 Å². The zero-order chi connectivity index (χ0) is 34.5. The van der Waals surface area contributed by atoms with Crippen molar-refractivity contribution in [1.82, 2.24) is 4.90 Å². The predicted octanol–water partition coefficient (Wildman–Crippen LogP) is 9.59. The number of hydrogen-bond acceptors (Lipinski definition) is 7. The van der Waals surface area contributed by atoms with Crippen LogP contribution in [0.15, 0.2) is 53.6 Å². The Kier molecular flexibility index (Phi) is 20.0. The summed E-state index contributed by atoms with van der Waals surface area (Å²) in [7, 11) is 3.20. The number of rotatable bonds is 14. The van der Waals surface area contributed by atoms with Crippen molar-refractivity contribution in [2.45, 2.75) is 111 Å². The number of unbranched alkanes of at least 4 members (excludes halogenated alkanes) is 2. The number of benzene rings is 2. The molecule has 0 spiro atoms. The van der Waals surface area contributed by atoms with E-state index in [0.717, 1.165) is 44.0 Å². The standard InChI is InChI=1S/C21H26N4O2.C11H25N.C6H12O/c1-26-18-10-6-9-17(20(18)27-2)19(21(22)24-23)25-13-11-16(12-14-25)15-7-4-3-5-8-15;1-3-5-6-8-11(7-4-2)9-10-12;1-5(7)6(2,3)4/h3-10,16,19,22-23H,11-14H2,1-2H3;11H,3-10,12H2,1-2H3;1-4H3.